The molecule has 88 valence electrons. The van der Waals surface area contributed by atoms with Gasteiger partial charge in [0.1, 0.15) is 5.75 Å². The van der Waals surface area contributed by atoms with Crippen LogP contribution in [0.4, 0.5) is 0 Å². The van der Waals surface area contributed by atoms with Crippen molar-refractivity contribution in [2.24, 2.45) is 5.92 Å². The van der Waals surface area contributed by atoms with Crippen LogP contribution in [0, 0.1) is 5.92 Å². The van der Waals surface area contributed by atoms with E-state index in [1.54, 1.807) is 7.11 Å². The molecule has 1 aliphatic carbocycles. The molecule has 0 aromatic heterocycles. The first-order chi connectivity index (χ1) is 7.55. The van der Waals surface area contributed by atoms with Crippen LogP contribution in [0.3, 0.4) is 0 Å². The minimum atomic E-state index is -0.542. The molecule has 0 spiro atoms. The van der Waals surface area contributed by atoms with Crippen LogP contribution in [0.1, 0.15) is 31.4 Å². The monoisotopic (exact) mass is 220 g/mol. The average Bonchev–Trinajstić information content (AvgIpc) is 2.27. The van der Waals surface area contributed by atoms with Crippen LogP contribution in [-0.2, 0) is 12.8 Å². The fourth-order valence-electron chi connectivity index (χ4n) is 2.40. The molecule has 2 nitrogen and oxygen atoms in total. The Hall–Kier alpha value is -1.02. The van der Waals surface area contributed by atoms with Crippen molar-refractivity contribution in [3.63, 3.8) is 0 Å². The van der Waals surface area contributed by atoms with Gasteiger partial charge in [0.2, 0.25) is 0 Å². The van der Waals surface area contributed by atoms with Crippen LogP contribution < -0.4 is 4.74 Å². The second-order valence-corrected chi connectivity index (χ2v) is 5.07. The molecule has 1 unspecified atom stereocenters. The maximum atomic E-state index is 10.5. The smallest absolute Gasteiger partial charge is 0.119 e. The summed E-state index contributed by atoms with van der Waals surface area (Å²) in [5.41, 5.74) is 2.05. The lowest BCUT2D eigenvalue weighted by Crippen LogP contribution is -2.40. The highest BCUT2D eigenvalue weighted by Crippen LogP contribution is 2.35. The van der Waals surface area contributed by atoms with E-state index >= 15 is 0 Å². The van der Waals surface area contributed by atoms with Crippen LogP contribution in [0.15, 0.2) is 18.2 Å². The fraction of sp³-hybridized carbons (Fsp3) is 0.571. The lowest BCUT2D eigenvalue weighted by Gasteiger charge is -2.37. The quantitative estimate of drug-likeness (QED) is 0.830. The highest BCUT2D eigenvalue weighted by Gasteiger charge is 2.34. The van der Waals surface area contributed by atoms with Gasteiger partial charge < -0.3 is 9.84 Å². The largest absolute Gasteiger partial charge is 0.497 e. The molecule has 0 amide bonds. The first kappa shape index (κ1) is 11.5. The molecule has 0 fully saturated rings. The van der Waals surface area contributed by atoms with E-state index in [1.165, 1.54) is 11.1 Å². The third-order valence-corrected chi connectivity index (χ3v) is 3.81. The second-order valence-electron chi connectivity index (χ2n) is 5.07. The van der Waals surface area contributed by atoms with E-state index in [0.717, 1.165) is 25.0 Å². The van der Waals surface area contributed by atoms with Gasteiger partial charge in [0.25, 0.3) is 0 Å². The number of hydrogen-bond donors (Lipinski definition) is 1. The molecule has 1 atom stereocenters. The molecule has 0 bridgehead atoms. The van der Waals surface area contributed by atoms with Crippen molar-refractivity contribution >= 4 is 0 Å². The molecular weight excluding hydrogens is 200 g/mol. The van der Waals surface area contributed by atoms with Crippen molar-refractivity contribution in [2.45, 2.75) is 38.7 Å². The van der Waals surface area contributed by atoms with Crippen LogP contribution in [-0.4, -0.2) is 17.8 Å². The first-order valence-corrected chi connectivity index (χ1v) is 5.93. The summed E-state index contributed by atoms with van der Waals surface area (Å²) in [7, 11) is 1.68. The Morgan fingerprint density at radius 2 is 2.06 bits per heavy atom. The number of ether oxygens (including phenoxy) is 1. The summed E-state index contributed by atoms with van der Waals surface area (Å²) in [5.74, 6) is 1.18. The fourth-order valence-corrected chi connectivity index (χ4v) is 2.40. The van der Waals surface area contributed by atoms with E-state index in [0.29, 0.717) is 5.92 Å². The predicted octanol–water partition coefficient (Wildman–Crippen LogP) is 2.57. The molecule has 2 rings (SSSR count). The average molecular weight is 220 g/mol. The molecule has 0 heterocycles. The van der Waals surface area contributed by atoms with Crippen molar-refractivity contribution in [3.8, 4) is 5.75 Å². The maximum Gasteiger partial charge on any atom is 0.119 e. The van der Waals surface area contributed by atoms with Crippen LogP contribution in [0.2, 0.25) is 0 Å². The Morgan fingerprint density at radius 3 is 2.69 bits per heavy atom. The summed E-state index contributed by atoms with van der Waals surface area (Å²) in [4.78, 5) is 0. The van der Waals surface area contributed by atoms with Gasteiger partial charge >= 0.3 is 0 Å². The highest BCUT2D eigenvalue weighted by molar-refractivity contribution is 5.38. The molecule has 0 saturated heterocycles. The molecule has 0 aliphatic heterocycles. The summed E-state index contributed by atoms with van der Waals surface area (Å²) in [6.07, 6.45) is 2.58. The van der Waals surface area contributed by atoms with Crippen molar-refractivity contribution in [2.75, 3.05) is 7.11 Å². The Bertz CT molecular complexity index is 384. The summed E-state index contributed by atoms with van der Waals surface area (Å²) < 4.78 is 5.23. The van der Waals surface area contributed by atoms with Gasteiger partial charge in [-0.25, -0.2) is 0 Å². The van der Waals surface area contributed by atoms with Crippen molar-refractivity contribution in [1.82, 2.24) is 0 Å². The van der Waals surface area contributed by atoms with Gasteiger partial charge in [0.05, 0.1) is 12.7 Å². The van der Waals surface area contributed by atoms with E-state index < -0.39 is 5.60 Å². The molecule has 0 saturated carbocycles. The number of fused-ring (bicyclic) bond motifs is 1. The Morgan fingerprint density at radius 1 is 1.31 bits per heavy atom. The SMILES string of the molecule is COc1ccc2c(c1)CC(O)(C(C)C)CC2. The van der Waals surface area contributed by atoms with Gasteiger partial charge in [-0.05, 0) is 42.0 Å². The van der Waals surface area contributed by atoms with Crippen molar-refractivity contribution in [1.29, 1.82) is 0 Å². The molecule has 16 heavy (non-hydrogen) atoms. The van der Waals surface area contributed by atoms with Crippen LogP contribution in [0.5, 0.6) is 5.75 Å². The van der Waals surface area contributed by atoms with Crippen molar-refractivity contribution in [3.05, 3.63) is 29.3 Å². The number of methoxy groups -OCH3 is 1. The second kappa shape index (κ2) is 4.10. The Labute approximate surface area is 97.3 Å². The van der Waals surface area contributed by atoms with E-state index in [2.05, 4.69) is 26.0 Å². The minimum absolute atomic E-state index is 0.298. The zero-order valence-electron chi connectivity index (χ0n) is 10.3. The van der Waals surface area contributed by atoms with Crippen LogP contribution in [0.25, 0.3) is 0 Å². The predicted molar refractivity (Wildman–Crippen MR) is 64.8 cm³/mol. The topological polar surface area (TPSA) is 29.5 Å². The normalized spacial score (nSPS) is 24.3. The van der Waals surface area contributed by atoms with E-state index in [1.807, 2.05) is 6.07 Å². The van der Waals surface area contributed by atoms with E-state index in [9.17, 15) is 5.11 Å². The minimum Gasteiger partial charge on any atom is -0.497 e. The van der Waals surface area contributed by atoms with Gasteiger partial charge in [-0.1, -0.05) is 19.9 Å². The summed E-state index contributed by atoms with van der Waals surface area (Å²) in [6.45, 7) is 4.18. The molecule has 1 N–H and O–H groups in total. The van der Waals surface area contributed by atoms with Gasteiger partial charge in [-0.2, -0.15) is 0 Å². The van der Waals surface area contributed by atoms with Gasteiger partial charge in [0.15, 0.2) is 0 Å². The lowest BCUT2D eigenvalue weighted by atomic mass is 9.74. The first-order valence-electron chi connectivity index (χ1n) is 5.93. The summed E-state index contributed by atoms with van der Waals surface area (Å²) in [6, 6.07) is 6.18. The van der Waals surface area contributed by atoms with E-state index in [4.69, 9.17) is 4.74 Å². The Kier molecular flexibility index (Phi) is 2.94. The lowest BCUT2D eigenvalue weighted by molar-refractivity contribution is -0.0173. The maximum absolute atomic E-state index is 10.5. The number of benzene rings is 1. The third-order valence-electron chi connectivity index (χ3n) is 3.81. The van der Waals surface area contributed by atoms with Gasteiger partial charge in [0, 0.05) is 6.42 Å². The number of rotatable bonds is 2. The zero-order valence-corrected chi connectivity index (χ0v) is 10.3. The van der Waals surface area contributed by atoms with Crippen LogP contribution >= 0.6 is 0 Å². The molecule has 1 aliphatic rings. The molecular formula is C14H20O2. The number of aliphatic hydroxyl groups is 1. The van der Waals surface area contributed by atoms with E-state index in [-0.39, 0.29) is 0 Å². The molecule has 1 aromatic carbocycles. The summed E-state index contributed by atoms with van der Waals surface area (Å²) in [5, 5.41) is 10.5. The number of hydrogen-bond acceptors (Lipinski definition) is 2. The standard InChI is InChI=1S/C14H20O2/c1-10(2)14(15)7-6-11-4-5-13(16-3)8-12(11)9-14/h4-5,8,10,15H,6-7,9H2,1-3H3. The number of aryl methyl sites for hydroxylation is 1. The molecule has 0 radical (unpaired) electrons. The molecule has 2 heteroatoms. The molecule has 1 aromatic rings. The Balaban J connectivity index is 2.31. The van der Waals surface area contributed by atoms with Gasteiger partial charge in [-0.15, -0.1) is 0 Å². The third kappa shape index (κ3) is 1.94. The zero-order chi connectivity index (χ0) is 11.8. The van der Waals surface area contributed by atoms with Crippen molar-refractivity contribution < 1.29 is 9.84 Å². The summed E-state index contributed by atoms with van der Waals surface area (Å²) >= 11 is 0. The highest BCUT2D eigenvalue weighted by atomic mass is 16.5. The van der Waals surface area contributed by atoms with Gasteiger partial charge in [-0.3, -0.25) is 0 Å².